The Hall–Kier alpha value is -3.73. The largest absolute Gasteiger partial charge is 0.346 e. The van der Waals surface area contributed by atoms with Crippen molar-refractivity contribution in [2.75, 3.05) is 17.2 Å². The minimum Gasteiger partial charge on any atom is -0.346 e. The van der Waals surface area contributed by atoms with Crippen molar-refractivity contribution in [2.45, 2.75) is 38.1 Å². The van der Waals surface area contributed by atoms with Gasteiger partial charge in [-0.15, -0.1) is 5.10 Å². The smallest absolute Gasteiger partial charge is 0.243 e. The first-order chi connectivity index (χ1) is 15.7. The summed E-state index contributed by atoms with van der Waals surface area (Å²) in [6, 6.07) is 12.8. The second-order valence-corrected chi connectivity index (χ2v) is 8.71. The third-order valence-electron chi connectivity index (χ3n) is 4.67. The molecule has 0 saturated carbocycles. The van der Waals surface area contributed by atoms with E-state index in [9.17, 15) is 14.4 Å². The Balaban J connectivity index is 1.59. The fourth-order valence-electron chi connectivity index (χ4n) is 3.05. The van der Waals surface area contributed by atoms with Crippen LogP contribution in [0.3, 0.4) is 0 Å². The zero-order valence-electron chi connectivity index (χ0n) is 18.7. The van der Waals surface area contributed by atoms with Crippen LogP contribution in [0.4, 0.5) is 11.4 Å². The number of nitrogens with one attached hydrogen (secondary N) is 3. The molecule has 1 unspecified atom stereocenters. The quantitative estimate of drug-likeness (QED) is 0.434. The lowest BCUT2D eigenvalue weighted by molar-refractivity contribution is -0.123. The molecule has 1 atom stereocenters. The van der Waals surface area contributed by atoms with Gasteiger partial charge in [0.25, 0.3) is 0 Å². The molecule has 10 nitrogen and oxygen atoms in total. The van der Waals surface area contributed by atoms with Crippen LogP contribution in [-0.4, -0.2) is 49.7 Å². The Kier molecular flexibility index (Phi) is 7.78. The molecule has 0 aliphatic carbocycles. The molecule has 0 aliphatic rings. The molecule has 0 fully saturated rings. The van der Waals surface area contributed by atoms with Gasteiger partial charge in [0.1, 0.15) is 0 Å². The van der Waals surface area contributed by atoms with E-state index in [1.807, 2.05) is 32.0 Å². The van der Waals surface area contributed by atoms with Crippen LogP contribution >= 0.6 is 11.8 Å². The molecule has 0 bridgehead atoms. The van der Waals surface area contributed by atoms with E-state index in [0.29, 0.717) is 16.5 Å². The maximum Gasteiger partial charge on any atom is 0.243 e. The van der Waals surface area contributed by atoms with Crippen LogP contribution in [0.5, 0.6) is 0 Å². The Morgan fingerprint density at radius 3 is 2.45 bits per heavy atom. The van der Waals surface area contributed by atoms with E-state index in [1.165, 1.54) is 11.6 Å². The molecule has 0 aliphatic heterocycles. The molecule has 172 valence electrons. The topological polar surface area (TPSA) is 131 Å². The number of amides is 3. The van der Waals surface area contributed by atoms with Crippen molar-refractivity contribution in [1.29, 1.82) is 0 Å². The Morgan fingerprint density at radius 2 is 1.76 bits per heavy atom. The number of aromatic nitrogens is 4. The molecule has 1 aromatic heterocycles. The van der Waals surface area contributed by atoms with Crippen molar-refractivity contribution in [2.24, 2.45) is 0 Å². The summed E-state index contributed by atoms with van der Waals surface area (Å²) in [5.74, 6) is -0.818. The fourth-order valence-corrected chi connectivity index (χ4v) is 3.88. The number of aryl methyl sites for hydroxylation is 2. The van der Waals surface area contributed by atoms with Crippen molar-refractivity contribution in [3.05, 3.63) is 53.6 Å². The number of nitrogens with zero attached hydrogens (tertiary/aromatic N) is 4. The van der Waals surface area contributed by atoms with Gasteiger partial charge in [-0.2, -0.15) is 4.68 Å². The van der Waals surface area contributed by atoms with E-state index >= 15 is 0 Å². The zero-order chi connectivity index (χ0) is 24.0. The first kappa shape index (κ1) is 23.9. The average Bonchev–Trinajstić information content (AvgIpc) is 3.22. The highest BCUT2D eigenvalue weighted by molar-refractivity contribution is 8.00. The van der Waals surface area contributed by atoms with Crippen LogP contribution < -0.4 is 16.0 Å². The summed E-state index contributed by atoms with van der Waals surface area (Å²) < 4.78 is 1.48. The second-order valence-electron chi connectivity index (χ2n) is 7.40. The number of hydrogen-bond donors (Lipinski definition) is 3. The maximum absolute atomic E-state index is 12.5. The van der Waals surface area contributed by atoms with Gasteiger partial charge in [-0.25, -0.2) is 0 Å². The van der Waals surface area contributed by atoms with E-state index in [-0.39, 0.29) is 24.3 Å². The average molecular weight is 468 g/mol. The van der Waals surface area contributed by atoms with E-state index < -0.39 is 5.25 Å². The Bertz CT molecular complexity index is 1160. The molecular formula is C22H25N7O3S. The summed E-state index contributed by atoms with van der Waals surface area (Å²) >= 11 is 1.16. The van der Waals surface area contributed by atoms with Gasteiger partial charge in [0.15, 0.2) is 0 Å². The minimum absolute atomic E-state index is 0.152. The van der Waals surface area contributed by atoms with Crippen LogP contribution in [0, 0.1) is 13.8 Å². The predicted molar refractivity (Wildman–Crippen MR) is 126 cm³/mol. The number of tetrazole rings is 1. The summed E-state index contributed by atoms with van der Waals surface area (Å²) in [4.78, 5) is 36.2. The van der Waals surface area contributed by atoms with E-state index in [1.54, 1.807) is 31.2 Å². The number of para-hydroxylation sites is 1. The monoisotopic (exact) mass is 467 g/mol. The highest BCUT2D eigenvalue weighted by Crippen LogP contribution is 2.24. The summed E-state index contributed by atoms with van der Waals surface area (Å²) in [5, 5.41) is 19.7. The first-order valence-corrected chi connectivity index (χ1v) is 11.1. The molecule has 3 N–H and O–H groups in total. The van der Waals surface area contributed by atoms with Gasteiger partial charge in [-0.3, -0.25) is 14.4 Å². The van der Waals surface area contributed by atoms with Gasteiger partial charge in [0, 0.05) is 18.3 Å². The van der Waals surface area contributed by atoms with Gasteiger partial charge >= 0.3 is 0 Å². The third kappa shape index (κ3) is 6.39. The van der Waals surface area contributed by atoms with Gasteiger partial charge in [-0.05, 0) is 60.5 Å². The SMILES string of the molecule is CC(=O)Nc1cccc(-n2nnnc2SC(C)C(=O)NCC(=O)Nc2c(C)cccc2C)c1. The number of benzene rings is 2. The second kappa shape index (κ2) is 10.7. The number of carbonyl (C=O) groups is 3. The fraction of sp³-hybridized carbons (Fsp3) is 0.273. The van der Waals surface area contributed by atoms with Crippen LogP contribution in [0.25, 0.3) is 5.69 Å². The molecule has 11 heteroatoms. The van der Waals surface area contributed by atoms with E-state index in [4.69, 9.17) is 0 Å². The third-order valence-corrected chi connectivity index (χ3v) is 5.71. The van der Waals surface area contributed by atoms with Crippen LogP contribution in [-0.2, 0) is 14.4 Å². The van der Waals surface area contributed by atoms with Gasteiger partial charge in [-0.1, -0.05) is 36.0 Å². The number of thioether (sulfide) groups is 1. The van der Waals surface area contributed by atoms with Gasteiger partial charge in [0.05, 0.1) is 17.5 Å². The number of anilines is 2. The molecule has 0 radical (unpaired) electrons. The van der Waals surface area contributed by atoms with Gasteiger partial charge in [0.2, 0.25) is 22.9 Å². The van der Waals surface area contributed by atoms with E-state index in [0.717, 1.165) is 28.6 Å². The lowest BCUT2D eigenvalue weighted by atomic mass is 10.1. The molecule has 3 amide bonds. The molecule has 0 spiro atoms. The van der Waals surface area contributed by atoms with Crippen molar-refractivity contribution in [1.82, 2.24) is 25.5 Å². The molecule has 33 heavy (non-hydrogen) atoms. The molecule has 1 heterocycles. The standard InChI is InChI=1S/C22H25N7O3S/c1-13-7-5-8-14(2)20(13)25-19(31)12-23-21(32)15(3)33-22-26-27-28-29(22)18-10-6-9-17(11-18)24-16(4)30/h5-11,15H,12H2,1-4H3,(H,23,32)(H,24,30)(H,25,31). The van der Waals surface area contributed by atoms with Crippen LogP contribution in [0.2, 0.25) is 0 Å². The zero-order valence-corrected chi connectivity index (χ0v) is 19.6. The van der Waals surface area contributed by atoms with Crippen molar-refractivity contribution in [3.8, 4) is 5.69 Å². The molecule has 2 aromatic carbocycles. The van der Waals surface area contributed by atoms with E-state index in [2.05, 4.69) is 31.5 Å². The lowest BCUT2D eigenvalue weighted by Crippen LogP contribution is -2.37. The van der Waals surface area contributed by atoms with Crippen LogP contribution in [0.1, 0.15) is 25.0 Å². The summed E-state index contributed by atoms with van der Waals surface area (Å²) in [5.41, 5.74) is 3.89. The van der Waals surface area contributed by atoms with Gasteiger partial charge < -0.3 is 16.0 Å². The van der Waals surface area contributed by atoms with Crippen LogP contribution in [0.15, 0.2) is 47.6 Å². The summed E-state index contributed by atoms with van der Waals surface area (Å²) in [7, 11) is 0. The normalized spacial score (nSPS) is 11.5. The van der Waals surface area contributed by atoms with Crippen molar-refractivity contribution >= 4 is 40.9 Å². The number of hydrogen-bond acceptors (Lipinski definition) is 7. The number of rotatable bonds is 8. The Labute approximate surface area is 195 Å². The van der Waals surface area contributed by atoms with Crippen molar-refractivity contribution in [3.63, 3.8) is 0 Å². The minimum atomic E-state index is -0.554. The van der Waals surface area contributed by atoms with Crippen molar-refractivity contribution < 1.29 is 14.4 Å². The summed E-state index contributed by atoms with van der Waals surface area (Å²) in [6.45, 7) is 6.80. The molecule has 3 aromatic rings. The highest BCUT2D eigenvalue weighted by atomic mass is 32.2. The lowest BCUT2D eigenvalue weighted by Gasteiger charge is -2.14. The number of carbonyl (C=O) groups excluding carboxylic acids is 3. The summed E-state index contributed by atoms with van der Waals surface area (Å²) in [6.07, 6.45) is 0. The molecule has 3 rings (SSSR count). The predicted octanol–water partition coefficient (Wildman–Crippen LogP) is 2.47. The maximum atomic E-state index is 12.5. The Morgan fingerprint density at radius 1 is 1.06 bits per heavy atom. The molecular weight excluding hydrogens is 442 g/mol. The highest BCUT2D eigenvalue weighted by Gasteiger charge is 2.20. The molecule has 0 saturated heterocycles. The first-order valence-electron chi connectivity index (χ1n) is 10.2.